The lowest BCUT2D eigenvalue weighted by atomic mass is 10.1. The van der Waals surface area contributed by atoms with Crippen LogP contribution in [-0.4, -0.2) is 24.1 Å². The maximum Gasteiger partial charge on any atom is 0.255 e. The zero-order valence-corrected chi connectivity index (χ0v) is 13.5. The van der Waals surface area contributed by atoms with Crippen molar-refractivity contribution in [2.75, 3.05) is 18.5 Å². The van der Waals surface area contributed by atoms with Gasteiger partial charge in [-0.05, 0) is 30.3 Å². The van der Waals surface area contributed by atoms with Gasteiger partial charge in [-0.25, -0.2) is 0 Å². The fourth-order valence-electron chi connectivity index (χ4n) is 2.75. The summed E-state index contributed by atoms with van der Waals surface area (Å²) in [5.41, 5.74) is 2.13. The number of nitrogens with one attached hydrogen (secondary N) is 2. The van der Waals surface area contributed by atoms with Gasteiger partial charge in [0.05, 0.1) is 23.9 Å². The van der Waals surface area contributed by atoms with Crippen molar-refractivity contribution in [2.45, 2.75) is 6.42 Å². The molecule has 0 bridgehead atoms. The Kier molecular flexibility index (Phi) is 3.78. The summed E-state index contributed by atoms with van der Waals surface area (Å²) in [4.78, 5) is 15.7. The van der Waals surface area contributed by atoms with Crippen molar-refractivity contribution in [3.63, 3.8) is 0 Å². The number of halogens is 1. The normalized spacial score (nSPS) is 13.5. The van der Waals surface area contributed by atoms with E-state index in [1.165, 1.54) is 0 Å². The minimum absolute atomic E-state index is 0.249. The Bertz CT molecular complexity index is 920. The predicted octanol–water partition coefficient (Wildman–Crippen LogP) is 4.23. The van der Waals surface area contributed by atoms with E-state index in [0.29, 0.717) is 35.3 Å². The summed E-state index contributed by atoms with van der Waals surface area (Å²) in [6.45, 7) is 1.09. The van der Waals surface area contributed by atoms with Crippen molar-refractivity contribution in [1.82, 2.24) is 4.98 Å². The minimum Gasteiger partial charge on any atom is -0.489 e. The van der Waals surface area contributed by atoms with E-state index in [1.807, 2.05) is 30.5 Å². The molecule has 0 spiro atoms. The average molecular weight is 343 g/mol. The molecule has 2 aromatic carbocycles. The third kappa shape index (κ3) is 2.67. The van der Waals surface area contributed by atoms with Gasteiger partial charge in [0.2, 0.25) is 0 Å². The number of ether oxygens (including phenoxy) is 2. The van der Waals surface area contributed by atoms with E-state index in [1.54, 1.807) is 12.1 Å². The number of anilines is 1. The van der Waals surface area contributed by atoms with Crippen LogP contribution in [-0.2, 0) is 0 Å². The molecule has 6 heteroatoms. The molecule has 4 rings (SSSR count). The molecule has 24 heavy (non-hydrogen) atoms. The number of aromatic nitrogens is 1. The Morgan fingerprint density at radius 2 is 2.04 bits per heavy atom. The number of amides is 1. The maximum atomic E-state index is 12.6. The summed E-state index contributed by atoms with van der Waals surface area (Å²) < 4.78 is 11.2. The largest absolute Gasteiger partial charge is 0.489 e. The van der Waals surface area contributed by atoms with Gasteiger partial charge in [0.15, 0.2) is 11.5 Å². The monoisotopic (exact) mass is 342 g/mol. The number of H-pyrrole nitrogens is 1. The van der Waals surface area contributed by atoms with Crippen molar-refractivity contribution in [3.05, 3.63) is 53.2 Å². The van der Waals surface area contributed by atoms with Gasteiger partial charge in [-0.2, -0.15) is 0 Å². The molecule has 1 aromatic heterocycles. The smallest absolute Gasteiger partial charge is 0.255 e. The van der Waals surface area contributed by atoms with Crippen LogP contribution >= 0.6 is 11.6 Å². The van der Waals surface area contributed by atoms with E-state index < -0.39 is 0 Å². The topological polar surface area (TPSA) is 63.4 Å². The zero-order valence-electron chi connectivity index (χ0n) is 12.8. The van der Waals surface area contributed by atoms with Gasteiger partial charge in [0.25, 0.3) is 5.91 Å². The van der Waals surface area contributed by atoms with Crippen molar-refractivity contribution >= 4 is 34.1 Å². The number of aromatic amines is 1. The summed E-state index contributed by atoms with van der Waals surface area (Å²) in [6, 6.07) is 10.9. The van der Waals surface area contributed by atoms with Crippen LogP contribution in [0.4, 0.5) is 5.69 Å². The quantitative estimate of drug-likeness (QED) is 0.732. The molecule has 3 aromatic rings. The van der Waals surface area contributed by atoms with Crippen molar-refractivity contribution in [1.29, 1.82) is 0 Å². The Morgan fingerprint density at radius 3 is 2.96 bits per heavy atom. The first-order chi connectivity index (χ1) is 11.7. The Morgan fingerprint density at radius 1 is 1.17 bits per heavy atom. The fourth-order valence-corrected chi connectivity index (χ4v) is 3.02. The lowest BCUT2D eigenvalue weighted by molar-refractivity contribution is 0.102. The standard InChI is InChI=1S/C18H15ClN2O3/c19-13-9-11(10-16-17(13)24-8-2-7-23-16)18(22)21-15-4-1-3-14-12(15)5-6-20-14/h1,3-6,9-10,20H,2,7-8H2,(H,21,22). The van der Waals surface area contributed by atoms with E-state index in [-0.39, 0.29) is 5.91 Å². The summed E-state index contributed by atoms with van der Waals surface area (Å²) in [7, 11) is 0. The minimum atomic E-state index is -0.249. The van der Waals surface area contributed by atoms with Crippen LogP contribution in [0.25, 0.3) is 10.9 Å². The van der Waals surface area contributed by atoms with Gasteiger partial charge >= 0.3 is 0 Å². The van der Waals surface area contributed by atoms with E-state index in [4.69, 9.17) is 21.1 Å². The van der Waals surface area contributed by atoms with Gasteiger partial charge in [-0.15, -0.1) is 0 Å². The molecule has 2 N–H and O–H groups in total. The zero-order chi connectivity index (χ0) is 16.5. The molecule has 0 atom stereocenters. The lowest BCUT2D eigenvalue weighted by Gasteiger charge is -2.12. The van der Waals surface area contributed by atoms with Crippen molar-refractivity contribution in [3.8, 4) is 11.5 Å². The lowest BCUT2D eigenvalue weighted by Crippen LogP contribution is -2.12. The van der Waals surface area contributed by atoms with Crippen LogP contribution in [0.5, 0.6) is 11.5 Å². The molecule has 0 unspecified atom stereocenters. The van der Waals surface area contributed by atoms with Crippen LogP contribution < -0.4 is 14.8 Å². The van der Waals surface area contributed by atoms with E-state index in [2.05, 4.69) is 10.3 Å². The third-order valence-electron chi connectivity index (χ3n) is 3.91. The molecule has 122 valence electrons. The van der Waals surface area contributed by atoms with E-state index in [9.17, 15) is 4.79 Å². The highest BCUT2D eigenvalue weighted by Gasteiger charge is 2.19. The Labute approximate surface area is 143 Å². The van der Waals surface area contributed by atoms with Gasteiger partial charge < -0.3 is 19.8 Å². The second kappa shape index (κ2) is 6.09. The van der Waals surface area contributed by atoms with Gasteiger partial charge in [-0.1, -0.05) is 17.7 Å². The molecule has 1 amide bonds. The van der Waals surface area contributed by atoms with Crippen LogP contribution in [0.15, 0.2) is 42.6 Å². The highest BCUT2D eigenvalue weighted by atomic mass is 35.5. The SMILES string of the molecule is O=C(Nc1cccc2[nH]ccc12)c1cc(Cl)c2c(c1)OCCCO2. The number of benzene rings is 2. The number of hydrogen-bond acceptors (Lipinski definition) is 3. The van der Waals surface area contributed by atoms with Crippen LogP contribution in [0.3, 0.4) is 0 Å². The second-order valence-corrected chi connectivity index (χ2v) is 5.94. The Balaban J connectivity index is 1.66. The summed E-state index contributed by atoms with van der Waals surface area (Å²) in [6.07, 6.45) is 2.62. The number of carbonyl (C=O) groups is 1. The Hall–Kier alpha value is -2.66. The fraction of sp³-hybridized carbons (Fsp3) is 0.167. The molecule has 0 saturated carbocycles. The first kappa shape index (κ1) is 14.9. The number of fused-ring (bicyclic) bond motifs is 2. The highest BCUT2D eigenvalue weighted by Crippen LogP contribution is 2.38. The van der Waals surface area contributed by atoms with E-state index in [0.717, 1.165) is 23.0 Å². The van der Waals surface area contributed by atoms with E-state index >= 15 is 0 Å². The molecule has 1 aliphatic rings. The highest BCUT2D eigenvalue weighted by molar-refractivity contribution is 6.32. The molecule has 5 nitrogen and oxygen atoms in total. The molecule has 0 aliphatic carbocycles. The van der Waals surface area contributed by atoms with Gasteiger partial charge in [0, 0.05) is 29.1 Å². The summed E-state index contributed by atoms with van der Waals surface area (Å²) in [5, 5.41) is 4.25. The van der Waals surface area contributed by atoms with Crippen LogP contribution in [0.2, 0.25) is 5.02 Å². The van der Waals surface area contributed by atoms with Crippen molar-refractivity contribution in [2.24, 2.45) is 0 Å². The molecule has 0 saturated heterocycles. The second-order valence-electron chi connectivity index (χ2n) is 5.53. The summed E-state index contributed by atoms with van der Waals surface area (Å²) >= 11 is 6.25. The molecule has 2 heterocycles. The molecule has 0 radical (unpaired) electrons. The molecule has 0 fully saturated rings. The molecule has 1 aliphatic heterocycles. The number of carbonyl (C=O) groups excluding carboxylic acids is 1. The van der Waals surface area contributed by atoms with Crippen LogP contribution in [0.1, 0.15) is 16.8 Å². The first-order valence-electron chi connectivity index (χ1n) is 7.69. The molecular weight excluding hydrogens is 328 g/mol. The van der Waals surface area contributed by atoms with Crippen molar-refractivity contribution < 1.29 is 14.3 Å². The maximum absolute atomic E-state index is 12.6. The van der Waals surface area contributed by atoms with Gasteiger partial charge in [0.1, 0.15) is 0 Å². The van der Waals surface area contributed by atoms with Gasteiger partial charge in [-0.3, -0.25) is 4.79 Å². The van der Waals surface area contributed by atoms with Crippen LogP contribution in [0, 0.1) is 0 Å². The average Bonchev–Trinajstić information content (AvgIpc) is 2.93. The predicted molar refractivity (Wildman–Crippen MR) is 93.3 cm³/mol. The number of hydrogen-bond donors (Lipinski definition) is 2. The third-order valence-corrected chi connectivity index (χ3v) is 4.19. The first-order valence-corrected chi connectivity index (χ1v) is 8.07. The number of rotatable bonds is 2. The molecular formula is C18H15ClN2O3. The summed E-state index contributed by atoms with van der Waals surface area (Å²) in [5.74, 6) is 0.754.